The molecule has 1 aromatic heterocycles. The SMILES string of the molecule is Cc1c(C2CN(C(=O)NCCCCC(F)F)Cc3ccccc32)cnn1C. The summed E-state index contributed by atoms with van der Waals surface area (Å²) < 4.78 is 26.2. The van der Waals surface area contributed by atoms with Crippen molar-refractivity contribution in [3.63, 3.8) is 0 Å². The quantitative estimate of drug-likeness (QED) is 0.779. The maximum Gasteiger partial charge on any atom is 0.317 e. The van der Waals surface area contributed by atoms with Crippen LogP contribution in [0, 0.1) is 6.92 Å². The molecule has 27 heavy (non-hydrogen) atoms. The minimum absolute atomic E-state index is 0.0771. The van der Waals surface area contributed by atoms with E-state index in [4.69, 9.17) is 0 Å². The van der Waals surface area contributed by atoms with Crippen LogP contribution in [0.1, 0.15) is 47.6 Å². The van der Waals surface area contributed by atoms with E-state index in [0.29, 0.717) is 32.5 Å². The molecule has 3 rings (SSSR count). The molecular formula is C20H26F2N4O. The first-order chi connectivity index (χ1) is 13.0. The zero-order valence-electron chi connectivity index (χ0n) is 15.8. The van der Waals surface area contributed by atoms with Crippen LogP contribution in [-0.2, 0) is 13.6 Å². The van der Waals surface area contributed by atoms with E-state index < -0.39 is 6.43 Å². The number of nitrogens with one attached hydrogen (secondary N) is 1. The lowest BCUT2D eigenvalue weighted by Crippen LogP contribution is -2.44. The molecule has 1 aliphatic heterocycles. The van der Waals surface area contributed by atoms with Gasteiger partial charge >= 0.3 is 6.03 Å². The van der Waals surface area contributed by atoms with Gasteiger partial charge in [0.05, 0.1) is 6.20 Å². The summed E-state index contributed by atoms with van der Waals surface area (Å²) in [5.74, 6) is 0.0771. The summed E-state index contributed by atoms with van der Waals surface area (Å²) in [6, 6.07) is 8.03. The molecule has 2 heterocycles. The fourth-order valence-electron chi connectivity index (χ4n) is 3.62. The number of hydrogen-bond donors (Lipinski definition) is 1. The third-order valence-electron chi connectivity index (χ3n) is 5.26. The number of amides is 2. The molecule has 0 fully saturated rings. The first-order valence-corrected chi connectivity index (χ1v) is 9.34. The molecule has 1 atom stereocenters. The van der Waals surface area contributed by atoms with Crippen molar-refractivity contribution in [3.05, 3.63) is 52.8 Å². The van der Waals surface area contributed by atoms with Gasteiger partial charge in [-0.2, -0.15) is 5.10 Å². The van der Waals surface area contributed by atoms with Gasteiger partial charge in [-0.05, 0) is 30.9 Å². The Hall–Kier alpha value is -2.44. The second kappa shape index (κ2) is 8.50. The van der Waals surface area contributed by atoms with E-state index >= 15 is 0 Å². The molecule has 1 aromatic carbocycles. The second-order valence-corrected chi connectivity index (χ2v) is 7.06. The van der Waals surface area contributed by atoms with Gasteiger partial charge in [-0.25, -0.2) is 13.6 Å². The molecule has 0 aliphatic carbocycles. The average Bonchev–Trinajstić information content (AvgIpc) is 2.99. The van der Waals surface area contributed by atoms with Gasteiger partial charge < -0.3 is 10.2 Å². The smallest absolute Gasteiger partial charge is 0.317 e. The molecule has 5 nitrogen and oxygen atoms in total. The van der Waals surface area contributed by atoms with Crippen LogP contribution < -0.4 is 5.32 Å². The van der Waals surface area contributed by atoms with Gasteiger partial charge in [0.1, 0.15) is 0 Å². The Morgan fingerprint density at radius 3 is 2.78 bits per heavy atom. The number of unbranched alkanes of at least 4 members (excludes halogenated alkanes) is 1. The third kappa shape index (κ3) is 4.46. The highest BCUT2D eigenvalue weighted by Crippen LogP contribution is 2.34. The van der Waals surface area contributed by atoms with Gasteiger partial charge in [-0.1, -0.05) is 24.3 Å². The minimum Gasteiger partial charge on any atom is -0.338 e. The fourth-order valence-corrected chi connectivity index (χ4v) is 3.62. The third-order valence-corrected chi connectivity index (χ3v) is 5.26. The highest BCUT2D eigenvalue weighted by Gasteiger charge is 2.30. The largest absolute Gasteiger partial charge is 0.338 e. The summed E-state index contributed by atoms with van der Waals surface area (Å²) in [6.45, 7) is 3.58. The summed E-state index contributed by atoms with van der Waals surface area (Å²) in [5.41, 5.74) is 4.57. The Bertz CT molecular complexity index is 790. The predicted molar refractivity (Wildman–Crippen MR) is 99.9 cm³/mol. The maximum absolute atomic E-state index is 12.6. The summed E-state index contributed by atoms with van der Waals surface area (Å²) in [4.78, 5) is 14.4. The van der Waals surface area contributed by atoms with Crippen molar-refractivity contribution >= 4 is 6.03 Å². The van der Waals surface area contributed by atoms with E-state index in [1.807, 2.05) is 37.0 Å². The Morgan fingerprint density at radius 1 is 1.30 bits per heavy atom. The molecule has 7 heteroatoms. The molecule has 1 N–H and O–H groups in total. The molecule has 0 saturated carbocycles. The van der Waals surface area contributed by atoms with Crippen molar-refractivity contribution < 1.29 is 13.6 Å². The van der Waals surface area contributed by atoms with Gasteiger partial charge in [-0.3, -0.25) is 4.68 Å². The Kier molecular flexibility index (Phi) is 6.08. The lowest BCUT2D eigenvalue weighted by Gasteiger charge is -2.34. The van der Waals surface area contributed by atoms with Gasteiger partial charge in [0, 0.05) is 50.3 Å². The van der Waals surface area contributed by atoms with Crippen molar-refractivity contribution in [2.24, 2.45) is 7.05 Å². The van der Waals surface area contributed by atoms with Crippen LogP contribution in [0.5, 0.6) is 0 Å². The molecule has 1 aliphatic rings. The van der Waals surface area contributed by atoms with Crippen molar-refractivity contribution in [2.75, 3.05) is 13.1 Å². The van der Waals surface area contributed by atoms with Gasteiger partial charge in [0.15, 0.2) is 0 Å². The number of alkyl halides is 2. The molecule has 146 valence electrons. The number of urea groups is 1. The monoisotopic (exact) mass is 376 g/mol. The first-order valence-electron chi connectivity index (χ1n) is 9.34. The van der Waals surface area contributed by atoms with E-state index in [-0.39, 0.29) is 18.4 Å². The van der Waals surface area contributed by atoms with E-state index in [1.165, 1.54) is 5.56 Å². The normalized spacial score (nSPS) is 16.5. The topological polar surface area (TPSA) is 50.2 Å². The molecule has 0 radical (unpaired) electrons. The first kappa shape index (κ1) is 19.3. The summed E-state index contributed by atoms with van der Waals surface area (Å²) >= 11 is 0. The fraction of sp³-hybridized carbons (Fsp3) is 0.500. The Balaban J connectivity index is 1.70. The predicted octanol–water partition coefficient (Wildman–Crippen LogP) is 3.82. The van der Waals surface area contributed by atoms with Crippen LogP contribution >= 0.6 is 0 Å². The van der Waals surface area contributed by atoms with Crippen molar-refractivity contribution in [1.29, 1.82) is 0 Å². The van der Waals surface area contributed by atoms with E-state index in [0.717, 1.165) is 16.8 Å². The van der Waals surface area contributed by atoms with Crippen LogP contribution in [0.2, 0.25) is 0 Å². The van der Waals surface area contributed by atoms with Gasteiger partial charge in [0.25, 0.3) is 0 Å². The van der Waals surface area contributed by atoms with Crippen LogP contribution in [-0.4, -0.2) is 40.2 Å². The van der Waals surface area contributed by atoms with Crippen LogP contribution in [0.4, 0.5) is 13.6 Å². The highest BCUT2D eigenvalue weighted by molar-refractivity contribution is 5.75. The lowest BCUT2D eigenvalue weighted by atomic mass is 9.85. The van der Waals surface area contributed by atoms with Gasteiger partial charge in [0.2, 0.25) is 6.43 Å². The van der Waals surface area contributed by atoms with Gasteiger partial charge in [-0.15, -0.1) is 0 Å². The number of halogens is 2. The number of aromatic nitrogens is 2. The number of carbonyl (C=O) groups excluding carboxylic acids is 1. The molecule has 2 aromatic rings. The number of benzene rings is 1. The van der Waals surface area contributed by atoms with Crippen LogP contribution in [0.15, 0.2) is 30.5 Å². The molecule has 2 amide bonds. The summed E-state index contributed by atoms with van der Waals surface area (Å²) in [5, 5.41) is 7.22. The van der Waals surface area contributed by atoms with E-state index in [9.17, 15) is 13.6 Å². The number of aryl methyl sites for hydroxylation is 1. The highest BCUT2D eigenvalue weighted by atomic mass is 19.3. The summed E-state index contributed by atoms with van der Waals surface area (Å²) in [7, 11) is 1.91. The standard InChI is InChI=1S/C20H26F2N4O/c1-14-17(11-24-25(14)2)18-13-26(12-15-7-3-4-8-16(15)18)20(27)23-10-6-5-9-19(21)22/h3-4,7-8,11,18-19H,5-6,9-10,12-13H2,1-2H3,(H,23,27). The molecular weight excluding hydrogens is 350 g/mol. The Labute approximate surface area is 158 Å². The molecule has 1 unspecified atom stereocenters. The minimum atomic E-state index is -2.28. The number of hydrogen-bond acceptors (Lipinski definition) is 2. The lowest BCUT2D eigenvalue weighted by molar-refractivity contribution is 0.134. The van der Waals surface area contributed by atoms with Crippen LogP contribution in [0.25, 0.3) is 0 Å². The number of fused-ring (bicyclic) bond motifs is 1. The van der Waals surface area contributed by atoms with E-state index in [1.54, 1.807) is 4.90 Å². The molecule has 0 saturated heterocycles. The number of rotatable bonds is 6. The van der Waals surface area contributed by atoms with E-state index in [2.05, 4.69) is 22.5 Å². The van der Waals surface area contributed by atoms with Crippen molar-refractivity contribution in [3.8, 4) is 0 Å². The van der Waals surface area contributed by atoms with Crippen molar-refractivity contribution in [1.82, 2.24) is 20.0 Å². The molecule has 0 bridgehead atoms. The zero-order chi connectivity index (χ0) is 19.4. The number of carbonyl (C=O) groups is 1. The average molecular weight is 376 g/mol. The number of nitrogens with zero attached hydrogens (tertiary/aromatic N) is 3. The molecule has 0 spiro atoms. The maximum atomic E-state index is 12.6. The summed E-state index contributed by atoms with van der Waals surface area (Å²) in [6.07, 6.45) is 0.463. The Morgan fingerprint density at radius 2 is 2.07 bits per heavy atom. The second-order valence-electron chi connectivity index (χ2n) is 7.06. The van der Waals surface area contributed by atoms with Crippen molar-refractivity contribution in [2.45, 2.75) is 45.1 Å². The zero-order valence-corrected chi connectivity index (χ0v) is 15.8. The van der Waals surface area contributed by atoms with Crippen LogP contribution in [0.3, 0.4) is 0 Å².